The van der Waals surface area contributed by atoms with Crippen LogP contribution in [0.25, 0.3) is 0 Å². The molecule has 2 aromatic rings. The molecule has 1 saturated heterocycles. The normalized spacial score (nSPS) is 18.9. The molecule has 1 fully saturated rings. The number of nitriles is 1. The summed E-state index contributed by atoms with van der Waals surface area (Å²) in [7, 11) is 1.51. The number of nitrogens with zero attached hydrogens (tertiary/aromatic N) is 5. The van der Waals surface area contributed by atoms with Crippen LogP contribution in [0.3, 0.4) is 0 Å². The maximum Gasteiger partial charge on any atom is 0.231 e. The molecule has 1 N–H and O–H groups in total. The van der Waals surface area contributed by atoms with E-state index in [1.807, 2.05) is 6.07 Å². The van der Waals surface area contributed by atoms with E-state index in [2.05, 4.69) is 31.2 Å². The molecule has 2 aliphatic heterocycles. The molecule has 26 heavy (non-hydrogen) atoms. The fourth-order valence-electron chi connectivity index (χ4n) is 3.38. The highest BCUT2D eigenvalue weighted by atomic mass is 16.5. The highest BCUT2D eigenvalue weighted by molar-refractivity contribution is 5.55. The lowest BCUT2D eigenvalue weighted by molar-refractivity contribution is 0.210. The molecule has 0 aliphatic carbocycles. The van der Waals surface area contributed by atoms with E-state index in [1.54, 1.807) is 12.5 Å². The van der Waals surface area contributed by atoms with E-state index in [-0.39, 0.29) is 6.10 Å². The second-order valence-corrected chi connectivity index (χ2v) is 6.37. The van der Waals surface area contributed by atoms with Gasteiger partial charge in [-0.2, -0.15) is 5.26 Å². The lowest BCUT2D eigenvalue weighted by atomic mass is 10.1. The third-order valence-corrected chi connectivity index (χ3v) is 4.77. The average Bonchev–Trinajstić information content (AvgIpc) is 3.20. The molecule has 0 radical (unpaired) electrons. The predicted octanol–water partition coefficient (Wildman–Crippen LogP) is 1.06. The first-order valence-corrected chi connectivity index (χ1v) is 8.67. The van der Waals surface area contributed by atoms with Crippen LogP contribution in [0.4, 0.5) is 5.69 Å². The number of hydrogen-bond donors (Lipinski definition) is 1. The van der Waals surface area contributed by atoms with Crippen molar-refractivity contribution in [1.29, 1.82) is 5.26 Å². The van der Waals surface area contributed by atoms with Crippen molar-refractivity contribution in [3.05, 3.63) is 35.4 Å². The minimum absolute atomic E-state index is 0.150. The second-order valence-electron chi connectivity index (χ2n) is 6.37. The number of nitrogens with one attached hydrogen (secondary N) is 1. The average molecular weight is 352 g/mol. The van der Waals surface area contributed by atoms with E-state index in [1.165, 1.54) is 7.11 Å². The molecule has 0 aromatic carbocycles. The van der Waals surface area contributed by atoms with Crippen molar-refractivity contribution >= 4 is 5.69 Å². The maximum absolute atomic E-state index is 9.30. The third-order valence-electron chi connectivity index (χ3n) is 4.77. The smallest absolute Gasteiger partial charge is 0.231 e. The summed E-state index contributed by atoms with van der Waals surface area (Å²) in [5, 5.41) is 12.6. The Morgan fingerprint density at radius 1 is 1.31 bits per heavy atom. The Bertz CT molecular complexity index is 844. The Hall–Kier alpha value is -2.92. The lowest BCUT2D eigenvalue weighted by Crippen LogP contribution is -2.32. The van der Waals surface area contributed by atoms with E-state index in [0.717, 1.165) is 49.4 Å². The molecule has 134 valence electrons. The molecule has 0 saturated carbocycles. The number of rotatable bonds is 4. The Labute approximate surface area is 151 Å². The van der Waals surface area contributed by atoms with Crippen LogP contribution < -0.4 is 19.7 Å². The number of fused-ring (bicyclic) bond motifs is 1. The number of hydrogen-bond acceptors (Lipinski definition) is 8. The molecule has 0 spiro atoms. The largest absolute Gasteiger partial charge is 0.480 e. The van der Waals surface area contributed by atoms with Crippen LogP contribution in [-0.4, -0.2) is 47.8 Å². The third kappa shape index (κ3) is 3.13. The standard InChI is InChI=1S/C18H20N6O2/c1-25-17-12(7-19)6-13(8-21-17)24-5-3-16-15(10-24)18(23-11-22-16)26-14-2-4-20-9-14/h6,8,11,14,20H,2-5,9-10H2,1H3. The van der Waals surface area contributed by atoms with E-state index < -0.39 is 0 Å². The lowest BCUT2D eigenvalue weighted by Gasteiger charge is -2.31. The van der Waals surface area contributed by atoms with Crippen LogP contribution in [0, 0.1) is 11.3 Å². The number of ether oxygens (including phenoxy) is 2. The summed E-state index contributed by atoms with van der Waals surface area (Å²) in [5.41, 5.74) is 3.35. The molecule has 1 atom stereocenters. The van der Waals surface area contributed by atoms with Crippen molar-refractivity contribution < 1.29 is 9.47 Å². The quantitative estimate of drug-likeness (QED) is 0.872. The zero-order valence-corrected chi connectivity index (χ0v) is 14.6. The first-order chi connectivity index (χ1) is 12.8. The number of pyridine rings is 1. The van der Waals surface area contributed by atoms with Crippen molar-refractivity contribution in [3.8, 4) is 17.8 Å². The van der Waals surface area contributed by atoms with Gasteiger partial charge in [-0.3, -0.25) is 0 Å². The Kier molecular flexibility index (Phi) is 4.54. The molecular formula is C18H20N6O2. The van der Waals surface area contributed by atoms with Gasteiger partial charge in [0.05, 0.1) is 36.8 Å². The summed E-state index contributed by atoms with van der Waals surface area (Å²) in [5.74, 6) is 1.00. The summed E-state index contributed by atoms with van der Waals surface area (Å²) in [6.07, 6.45) is 5.24. The summed E-state index contributed by atoms with van der Waals surface area (Å²) < 4.78 is 11.2. The summed E-state index contributed by atoms with van der Waals surface area (Å²) in [4.78, 5) is 15.2. The van der Waals surface area contributed by atoms with Crippen LogP contribution in [0.5, 0.6) is 11.8 Å². The van der Waals surface area contributed by atoms with Crippen LogP contribution in [-0.2, 0) is 13.0 Å². The molecule has 4 rings (SSSR count). The second kappa shape index (κ2) is 7.14. The van der Waals surface area contributed by atoms with Gasteiger partial charge in [0.25, 0.3) is 0 Å². The summed E-state index contributed by atoms with van der Waals surface area (Å²) in [6, 6.07) is 3.94. The van der Waals surface area contributed by atoms with Crippen LogP contribution in [0.15, 0.2) is 18.6 Å². The van der Waals surface area contributed by atoms with E-state index >= 15 is 0 Å². The Balaban J connectivity index is 1.60. The van der Waals surface area contributed by atoms with Gasteiger partial charge in [0.1, 0.15) is 24.1 Å². The molecular weight excluding hydrogens is 332 g/mol. The number of methoxy groups -OCH3 is 1. The maximum atomic E-state index is 9.30. The monoisotopic (exact) mass is 352 g/mol. The molecule has 4 heterocycles. The molecule has 1 unspecified atom stereocenters. The van der Waals surface area contributed by atoms with Crippen LogP contribution in [0.2, 0.25) is 0 Å². The van der Waals surface area contributed by atoms with Gasteiger partial charge in [0.2, 0.25) is 11.8 Å². The number of anilines is 1. The molecule has 2 aliphatic rings. The molecule has 2 aromatic heterocycles. The van der Waals surface area contributed by atoms with Crippen molar-refractivity contribution in [3.63, 3.8) is 0 Å². The van der Waals surface area contributed by atoms with Gasteiger partial charge < -0.3 is 19.7 Å². The van der Waals surface area contributed by atoms with E-state index in [9.17, 15) is 5.26 Å². The van der Waals surface area contributed by atoms with Crippen LogP contribution in [0.1, 0.15) is 23.2 Å². The van der Waals surface area contributed by atoms with E-state index in [0.29, 0.717) is 23.9 Å². The highest BCUT2D eigenvalue weighted by Crippen LogP contribution is 2.30. The van der Waals surface area contributed by atoms with Crippen molar-refractivity contribution in [2.45, 2.75) is 25.5 Å². The fraction of sp³-hybridized carbons (Fsp3) is 0.444. The Morgan fingerprint density at radius 2 is 2.23 bits per heavy atom. The van der Waals surface area contributed by atoms with Crippen molar-refractivity contribution in [1.82, 2.24) is 20.3 Å². The minimum atomic E-state index is 0.150. The molecule has 0 amide bonds. The van der Waals surface area contributed by atoms with Gasteiger partial charge in [-0.25, -0.2) is 15.0 Å². The SMILES string of the molecule is COc1ncc(N2CCc3ncnc(OC4CCNC4)c3C2)cc1C#N. The van der Waals surface area contributed by atoms with Crippen molar-refractivity contribution in [2.24, 2.45) is 0 Å². The predicted molar refractivity (Wildman–Crippen MR) is 94.2 cm³/mol. The van der Waals surface area contributed by atoms with Crippen molar-refractivity contribution in [2.75, 3.05) is 31.6 Å². The zero-order chi connectivity index (χ0) is 17.9. The van der Waals surface area contributed by atoms with Gasteiger partial charge in [0, 0.05) is 19.5 Å². The van der Waals surface area contributed by atoms with Gasteiger partial charge in [-0.05, 0) is 19.0 Å². The summed E-state index contributed by atoms with van der Waals surface area (Å²) in [6.45, 7) is 3.24. The topological polar surface area (TPSA) is 96.2 Å². The first-order valence-electron chi connectivity index (χ1n) is 8.67. The zero-order valence-electron chi connectivity index (χ0n) is 14.6. The minimum Gasteiger partial charge on any atom is -0.480 e. The van der Waals surface area contributed by atoms with E-state index in [4.69, 9.17) is 9.47 Å². The van der Waals surface area contributed by atoms with Gasteiger partial charge in [-0.15, -0.1) is 0 Å². The van der Waals surface area contributed by atoms with Crippen LogP contribution >= 0.6 is 0 Å². The first kappa shape index (κ1) is 16.5. The summed E-state index contributed by atoms with van der Waals surface area (Å²) >= 11 is 0. The molecule has 0 bridgehead atoms. The molecule has 8 heteroatoms. The van der Waals surface area contributed by atoms with Gasteiger partial charge >= 0.3 is 0 Å². The fourth-order valence-corrected chi connectivity index (χ4v) is 3.38. The van der Waals surface area contributed by atoms with Gasteiger partial charge in [-0.1, -0.05) is 0 Å². The highest BCUT2D eigenvalue weighted by Gasteiger charge is 2.25. The Morgan fingerprint density at radius 3 is 3.00 bits per heavy atom. The van der Waals surface area contributed by atoms with Gasteiger partial charge in [0.15, 0.2) is 0 Å². The molecule has 8 nitrogen and oxygen atoms in total. The number of aromatic nitrogens is 3.